The Morgan fingerprint density at radius 1 is 1.19 bits per heavy atom. The van der Waals surface area contributed by atoms with Crippen molar-refractivity contribution in [1.82, 2.24) is 4.90 Å². The molecule has 0 N–H and O–H groups in total. The van der Waals surface area contributed by atoms with E-state index in [2.05, 4.69) is 4.90 Å². The van der Waals surface area contributed by atoms with Crippen molar-refractivity contribution in [2.45, 2.75) is 58.1 Å². The van der Waals surface area contributed by atoms with Crippen LogP contribution in [-0.4, -0.2) is 36.1 Å². The molecule has 2 saturated heterocycles. The first kappa shape index (κ1) is 11.9. The van der Waals surface area contributed by atoms with Crippen LogP contribution in [-0.2, 0) is 9.53 Å². The van der Waals surface area contributed by atoms with Crippen LogP contribution < -0.4 is 0 Å². The molecular formula is C13H23NO2. The van der Waals surface area contributed by atoms with Gasteiger partial charge in [-0.2, -0.15) is 0 Å². The van der Waals surface area contributed by atoms with Crippen LogP contribution in [0.2, 0.25) is 0 Å². The minimum absolute atomic E-state index is 0.000956. The first-order valence-electron chi connectivity index (χ1n) is 6.63. The molecule has 0 aromatic heterocycles. The van der Waals surface area contributed by atoms with Crippen LogP contribution in [0.5, 0.6) is 0 Å². The van der Waals surface area contributed by atoms with E-state index in [0.29, 0.717) is 6.04 Å². The van der Waals surface area contributed by atoms with Gasteiger partial charge in [-0.05, 0) is 38.8 Å². The summed E-state index contributed by atoms with van der Waals surface area (Å²) in [4.78, 5) is 14.2. The Balaban J connectivity index is 1.94. The minimum Gasteiger partial charge on any atom is -0.461 e. The Hall–Kier alpha value is -0.570. The third-order valence-electron chi connectivity index (χ3n) is 3.77. The molecule has 2 atom stereocenters. The molecule has 0 radical (unpaired) electrons. The van der Waals surface area contributed by atoms with Crippen molar-refractivity contribution in [3.05, 3.63) is 0 Å². The number of nitrogens with zero attached hydrogens (tertiary/aromatic N) is 1. The van der Waals surface area contributed by atoms with E-state index in [1.807, 2.05) is 13.8 Å². The number of ether oxygens (including phenoxy) is 1. The summed E-state index contributed by atoms with van der Waals surface area (Å²) in [5.41, 5.74) is 0. The van der Waals surface area contributed by atoms with Crippen molar-refractivity contribution >= 4 is 5.97 Å². The highest BCUT2D eigenvalue weighted by atomic mass is 16.5. The highest BCUT2D eigenvalue weighted by Crippen LogP contribution is 2.28. The molecule has 2 rings (SSSR count). The third-order valence-corrected chi connectivity index (χ3v) is 3.77. The maximum Gasteiger partial charge on any atom is 0.308 e. The molecule has 0 saturated carbocycles. The molecule has 16 heavy (non-hydrogen) atoms. The second-order valence-electron chi connectivity index (χ2n) is 5.37. The number of piperidine rings is 2. The summed E-state index contributed by atoms with van der Waals surface area (Å²) in [6.45, 7) is 6.20. The Bertz CT molecular complexity index is 250. The molecular weight excluding hydrogens is 202 g/mol. The van der Waals surface area contributed by atoms with Gasteiger partial charge in [-0.1, -0.05) is 20.3 Å². The number of fused-ring (bicyclic) bond motifs is 1. The summed E-state index contributed by atoms with van der Waals surface area (Å²) >= 11 is 0. The number of esters is 1. The largest absolute Gasteiger partial charge is 0.461 e. The van der Waals surface area contributed by atoms with Crippen LogP contribution in [0.4, 0.5) is 0 Å². The highest BCUT2D eigenvalue weighted by molar-refractivity contribution is 5.71. The van der Waals surface area contributed by atoms with Gasteiger partial charge in [0.05, 0.1) is 5.92 Å². The van der Waals surface area contributed by atoms with Gasteiger partial charge in [0.2, 0.25) is 0 Å². The quantitative estimate of drug-likeness (QED) is 0.675. The lowest BCUT2D eigenvalue weighted by atomic mass is 9.90. The Morgan fingerprint density at radius 3 is 2.69 bits per heavy atom. The lowest BCUT2D eigenvalue weighted by molar-refractivity contribution is -0.160. The molecule has 0 aromatic rings. The van der Waals surface area contributed by atoms with Gasteiger partial charge in [0, 0.05) is 6.04 Å². The summed E-state index contributed by atoms with van der Waals surface area (Å²) < 4.78 is 5.64. The summed E-state index contributed by atoms with van der Waals surface area (Å²) in [6.07, 6.45) is 6.18. The molecule has 2 heterocycles. The van der Waals surface area contributed by atoms with E-state index in [4.69, 9.17) is 4.74 Å². The highest BCUT2D eigenvalue weighted by Gasteiger charge is 2.35. The Kier molecular flexibility index (Phi) is 3.85. The van der Waals surface area contributed by atoms with Crippen LogP contribution in [0.1, 0.15) is 46.0 Å². The van der Waals surface area contributed by atoms with E-state index in [1.54, 1.807) is 0 Å². The zero-order valence-electron chi connectivity index (χ0n) is 10.4. The van der Waals surface area contributed by atoms with Crippen LogP contribution in [0.3, 0.4) is 0 Å². The zero-order valence-corrected chi connectivity index (χ0v) is 10.4. The molecule has 3 nitrogen and oxygen atoms in total. The van der Waals surface area contributed by atoms with E-state index >= 15 is 0 Å². The average Bonchev–Trinajstić information content (AvgIpc) is 2.29. The standard InChI is InChI=1S/C13H23NO2/c1-10(2)13(15)16-12-7-5-9-14-8-4-3-6-11(12)14/h10-12H,3-9H2,1-2H3/t11-,12+/m0/s1. The van der Waals surface area contributed by atoms with Gasteiger partial charge in [0.15, 0.2) is 0 Å². The van der Waals surface area contributed by atoms with Crippen molar-refractivity contribution in [3.8, 4) is 0 Å². The van der Waals surface area contributed by atoms with Crippen LogP contribution >= 0.6 is 0 Å². The molecule has 3 heteroatoms. The van der Waals surface area contributed by atoms with Crippen molar-refractivity contribution in [3.63, 3.8) is 0 Å². The van der Waals surface area contributed by atoms with Crippen LogP contribution in [0, 0.1) is 5.92 Å². The number of hydrogen-bond donors (Lipinski definition) is 0. The van der Waals surface area contributed by atoms with Gasteiger partial charge in [-0.3, -0.25) is 9.69 Å². The molecule has 0 unspecified atom stereocenters. The zero-order chi connectivity index (χ0) is 11.5. The summed E-state index contributed by atoms with van der Waals surface area (Å²) in [7, 11) is 0. The fourth-order valence-corrected chi connectivity index (χ4v) is 2.83. The SMILES string of the molecule is CC(C)C(=O)O[C@@H]1CCCN2CCCC[C@@H]12. The fourth-order valence-electron chi connectivity index (χ4n) is 2.83. The fraction of sp³-hybridized carbons (Fsp3) is 0.923. The Labute approximate surface area is 98.1 Å². The molecule has 0 spiro atoms. The molecule has 0 amide bonds. The lowest BCUT2D eigenvalue weighted by Crippen LogP contribution is -2.52. The molecule has 0 aromatic carbocycles. The van der Waals surface area contributed by atoms with Gasteiger partial charge < -0.3 is 4.74 Å². The van der Waals surface area contributed by atoms with E-state index in [0.717, 1.165) is 6.42 Å². The first-order valence-corrected chi connectivity index (χ1v) is 6.63. The monoisotopic (exact) mass is 225 g/mol. The van der Waals surface area contributed by atoms with E-state index in [9.17, 15) is 4.79 Å². The summed E-state index contributed by atoms with van der Waals surface area (Å²) in [5.74, 6) is -0.0311. The van der Waals surface area contributed by atoms with Gasteiger partial charge >= 0.3 is 5.97 Å². The van der Waals surface area contributed by atoms with Crippen molar-refractivity contribution < 1.29 is 9.53 Å². The third kappa shape index (κ3) is 2.57. The minimum atomic E-state index is -0.0302. The summed E-state index contributed by atoms with van der Waals surface area (Å²) in [5, 5.41) is 0. The first-order chi connectivity index (χ1) is 7.68. The van der Waals surface area contributed by atoms with E-state index in [1.165, 1.54) is 38.8 Å². The maximum absolute atomic E-state index is 11.6. The van der Waals surface area contributed by atoms with Crippen LogP contribution in [0.25, 0.3) is 0 Å². The molecule has 2 fully saturated rings. The van der Waals surface area contributed by atoms with E-state index in [-0.39, 0.29) is 18.0 Å². The number of hydrogen-bond acceptors (Lipinski definition) is 3. The van der Waals surface area contributed by atoms with Crippen molar-refractivity contribution in [1.29, 1.82) is 0 Å². The summed E-state index contributed by atoms with van der Waals surface area (Å²) in [6, 6.07) is 0.505. The predicted octanol–water partition coefficient (Wildman–Crippen LogP) is 2.20. The topological polar surface area (TPSA) is 29.5 Å². The lowest BCUT2D eigenvalue weighted by Gasteiger charge is -2.43. The number of carbonyl (C=O) groups excluding carboxylic acids is 1. The maximum atomic E-state index is 11.6. The van der Waals surface area contributed by atoms with Crippen LogP contribution in [0.15, 0.2) is 0 Å². The molecule has 2 aliphatic heterocycles. The van der Waals surface area contributed by atoms with Crippen molar-refractivity contribution in [2.75, 3.05) is 13.1 Å². The molecule has 0 bridgehead atoms. The number of rotatable bonds is 2. The predicted molar refractivity (Wildman–Crippen MR) is 63.2 cm³/mol. The van der Waals surface area contributed by atoms with Gasteiger partial charge in [-0.25, -0.2) is 0 Å². The van der Waals surface area contributed by atoms with Gasteiger partial charge in [0.1, 0.15) is 6.10 Å². The molecule has 0 aliphatic carbocycles. The molecule has 92 valence electrons. The number of carbonyl (C=O) groups is 1. The van der Waals surface area contributed by atoms with Gasteiger partial charge in [-0.15, -0.1) is 0 Å². The average molecular weight is 225 g/mol. The smallest absolute Gasteiger partial charge is 0.308 e. The van der Waals surface area contributed by atoms with Gasteiger partial charge in [0.25, 0.3) is 0 Å². The second-order valence-corrected chi connectivity index (χ2v) is 5.37. The van der Waals surface area contributed by atoms with E-state index < -0.39 is 0 Å². The molecule has 2 aliphatic rings. The van der Waals surface area contributed by atoms with Crippen molar-refractivity contribution in [2.24, 2.45) is 5.92 Å². The Morgan fingerprint density at radius 2 is 1.94 bits per heavy atom. The normalized spacial score (nSPS) is 31.2. The second kappa shape index (κ2) is 5.17.